The van der Waals surface area contributed by atoms with Gasteiger partial charge in [0.25, 0.3) is 0 Å². The average molecular weight is 335 g/mol. The van der Waals surface area contributed by atoms with Gasteiger partial charge in [0.2, 0.25) is 0 Å². The smallest absolute Gasteiger partial charge is 0.136 e. The summed E-state index contributed by atoms with van der Waals surface area (Å²) in [5.74, 6) is 0.177. The molecule has 4 heteroatoms. The van der Waals surface area contributed by atoms with Gasteiger partial charge in [-0.25, -0.2) is 8.78 Å². The molecule has 0 amide bonds. The third-order valence-corrected chi connectivity index (χ3v) is 6.19. The molecule has 0 bridgehead atoms. The molecule has 18 heavy (non-hydrogen) atoms. The number of halogens is 3. The molecule has 1 saturated carbocycles. The van der Waals surface area contributed by atoms with Crippen LogP contribution in [0.1, 0.15) is 32.1 Å². The van der Waals surface area contributed by atoms with Crippen LogP contribution in [0.2, 0.25) is 0 Å². The maximum absolute atomic E-state index is 13.6. The van der Waals surface area contributed by atoms with Crippen LogP contribution in [0.5, 0.6) is 0 Å². The Balaban J connectivity index is 2.03. The fourth-order valence-corrected chi connectivity index (χ4v) is 4.71. The molecule has 0 heterocycles. The highest BCUT2D eigenvalue weighted by Gasteiger charge is 2.31. The summed E-state index contributed by atoms with van der Waals surface area (Å²) in [5, 5.41) is 0.948. The summed E-state index contributed by atoms with van der Waals surface area (Å²) in [5.41, 5.74) is 0.252. The van der Waals surface area contributed by atoms with Crippen LogP contribution in [0.3, 0.4) is 0 Å². The minimum atomic E-state index is -0.365. The lowest BCUT2D eigenvalue weighted by Gasteiger charge is -2.35. The van der Waals surface area contributed by atoms with Crippen LogP contribution in [0.4, 0.5) is 8.78 Å². The Kier molecular flexibility index (Phi) is 5.07. The van der Waals surface area contributed by atoms with Crippen molar-refractivity contribution in [2.45, 2.75) is 37.0 Å². The van der Waals surface area contributed by atoms with Gasteiger partial charge in [0.05, 0.1) is 0 Å². The van der Waals surface area contributed by atoms with Gasteiger partial charge in [0.1, 0.15) is 11.6 Å². The first kappa shape index (κ1) is 14.3. The summed E-state index contributed by atoms with van der Waals surface area (Å²) >= 11 is 5.04. The molecule has 1 aromatic rings. The monoisotopic (exact) mass is 334 g/mol. The van der Waals surface area contributed by atoms with E-state index in [0.29, 0.717) is 4.90 Å². The Morgan fingerprint density at radius 3 is 2.56 bits per heavy atom. The van der Waals surface area contributed by atoms with Crippen molar-refractivity contribution in [2.24, 2.45) is 5.41 Å². The molecule has 0 spiro atoms. The number of hydrogen-bond acceptors (Lipinski definition) is 1. The number of benzene rings is 1. The summed E-state index contributed by atoms with van der Waals surface area (Å²) < 4.78 is 26.7. The van der Waals surface area contributed by atoms with E-state index in [-0.39, 0.29) is 17.0 Å². The van der Waals surface area contributed by atoms with Gasteiger partial charge in [-0.1, -0.05) is 35.2 Å². The largest absolute Gasteiger partial charge is 0.207 e. The first-order valence-corrected chi connectivity index (χ1v) is 8.40. The zero-order chi connectivity index (χ0) is 13.0. The molecule has 0 radical (unpaired) electrons. The predicted molar refractivity (Wildman–Crippen MR) is 76.4 cm³/mol. The quantitative estimate of drug-likeness (QED) is 0.524. The second-order valence-electron chi connectivity index (χ2n) is 5.06. The number of rotatable bonds is 4. The van der Waals surface area contributed by atoms with E-state index < -0.39 is 0 Å². The van der Waals surface area contributed by atoms with Crippen LogP contribution in [-0.2, 0) is 0 Å². The highest BCUT2D eigenvalue weighted by molar-refractivity contribution is 9.09. The lowest BCUT2D eigenvalue weighted by molar-refractivity contribution is 0.260. The maximum Gasteiger partial charge on any atom is 0.136 e. The Hall–Kier alpha value is -0.0900. The first-order valence-electron chi connectivity index (χ1n) is 6.29. The Morgan fingerprint density at radius 2 is 1.89 bits per heavy atom. The summed E-state index contributed by atoms with van der Waals surface area (Å²) in [6.07, 6.45) is 6.16. The zero-order valence-electron chi connectivity index (χ0n) is 10.2. The summed E-state index contributed by atoms with van der Waals surface area (Å²) in [7, 11) is 0. The van der Waals surface area contributed by atoms with Crippen LogP contribution >= 0.6 is 27.7 Å². The van der Waals surface area contributed by atoms with Crippen LogP contribution in [-0.4, -0.2) is 11.1 Å². The van der Waals surface area contributed by atoms with Gasteiger partial charge in [0.15, 0.2) is 0 Å². The molecular formula is C14H17BrF2S. The number of hydrogen-bond donors (Lipinski definition) is 0. The van der Waals surface area contributed by atoms with Crippen molar-refractivity contribution in [3.8, 4) is 0 Å². The second kappa shape index (κ2) is 6.38. The molecule has 0 unspecified atom stereocenters. The molecule has 0 aliphatic heterocycles. The van der Waals surface area contributed by atoms with Gasteiger partial charge in [0, 0.05) is 16.0 Å². The number of alkyl halides is 1. The fourth-order valence-electron chi connectivity index (χ4n) is 2.44. The summed E-state index contributed by atoms with van der Waals surface area (Å²) in [6, 6.07) is 3.67. The molecule has 0 N–H and O–H groups in total. The van der Waals surface area contributed by atoms with Crippen molar-refractivity contribution in [3.05, 3.63) is 29.8 Å². The van der Waals surface area contributed by atoms with E-state index in [1.807, 2.05) is 0 Å². The lowest BCUT2D eigenvalue weighted by Crippen LogP contribution is -2.28. The second-order valence-corrected chi connectivity index (χ2v) is 6.64. The Morgan fingerprint density at radius 1 is 1.17 bits per heavy atom. The van der Waals surface area contributed by atoms with E-state index in [9.17, 15) is 8.78 Å². The van der Waals surface area contributed by atoms with Crippen LogP contribution in [0, 0.1) is 17.0 Å². The van der Waals surface area contributed by atoms with Gasteiger partial charge >= 0.3 is 0 Å². The Bertz CT molecular complexity index is 403. The maximum atomic E-state index is 13.6. The zero-order valence-corrected chi connectivity index (χ0v) is 12.6. The normalized spacial score (nSPS) is 18.8. The van der Waals surface area contributed by atoms with Crippen LogP contribution in [0.15, 0.2) is 23.1 Å². The van der Waals surface area contributed by atoms with E-state index in [2.05, 4.69) is 15.9 Å². The van der Waals surface area contributed by atoms with Crippen LogP contribution < -0.4 is 0 Å². The summed E-state index contributed by atoms with van der Waals surface area (Å²) in [4.78, 5) is 0.431. The van der Waals surface area contributed by atoms with Crippen molar-refractivity contribution in [2.75, 3.05) is 11.1 Å². The predicted octanol–water partition coefficient (Wildman–Crippen LogP) is 5.40. The van der Waals surface area contributed by atoms with E-state index in [0.717, 1.165) is 11.1 Å². The van der Waals surface area contributed by atoms with Crippen molar-refractivity contribution in [3.63, 3.8) is 0 Å². The molecule has 1 aromatic carbocycles. The van der Waals surface area contributed by atoms with Crippen molar-refractivity contribution < 1.29 is 8.78 Å². The van der Waals surface area contributed by atoms with E-state index in [1.54, 1.807) is 0 Å². The first-order chi connectivity index (χ1) is 8.65. The summed E-state index contributed by atoms with van der Waals surface area (Å²) in [6.45, 7) is 0. The topological polar surface area (TPSA) is 0 Å². The minimum absolute atomic E-state index is 0.252. The molecule has 1 aliphatic rings. The van der Waals surface area contributed by atoms with Gasteiger partial charge in [-0.15, -0.1) is 11.8 Å². The van der Waals surface area contributed by atoms with Crippen molar-refractivity contribution in [1.29, 1.82) is 0 Å². The molecule has 2 rings (SSSR count). The van der Waals surface area contributed by atoms with Crippen molar-refractivity contribution >= 4 is 27.7 Å². The van der Waals surface area contributed by atoms with Crippen molar-refractivity contribution in [1.82, 2.24) is 0 Å². The fraction of sp³-hybridized carbons (Fsp3) is 0.571. The molecule has 0 nitrogen and oxygen atoms in total. The standard InChI is InChI=1S/C14H17BrF2S/c15-9-14(6-2-1-3-7-14)10-18-13-8-11(16)4-5-12(13)17/h4-5,8H,1-3,6-7,9-10H2. The van der Waals surface area contributed by atoms with Gasteiger partial charge in [-0.2, -0.15) is 0 Å². The third-order valence-electron chi connectivity index (χ3n) is 3.62. The highest BCUT2D eigenvalue weighted by atomic mass is 79.9. The van der Waals surface area contributed by atoms with Crippen LogP contribution in [0.25, 0.3) is 0 Å². The molecule has 100 valence electrons. The highest BCUT2D eigenvalue weighted by Crippen LogP contribution is 2.42. The Labute approximate surface area is 120 Å². The average Bonchev–Trinajstić information content (AvgIpc) is 2.41. The molecule has 0 saturated heterocycles. The van der Waals surface area contributed by atoms with Gasteiger partial charge in [-0.05, 0) is 36.5 Å². The molecule has 1 fully saturated rings. The number of thioether (sulfide) groups is 1. The van der Waals surface area contributed by atoms with Gasteiger partial charge in [-0.3, -0.25) is 0 Å². The molecular weight excluding hydrogens is 318 g/mol. The van der Waals surface area contributed by atoms with E-state index in [1.165, 1.54) is 62.1 Å². The lowest BCUT2D eigenvalue weighted by atomic mass is 9.77. The third kappa shape index (κ3) is 3.47. The molecule has 1 aliphatic carbocycles. The van der Waals surface area contributed by atoms with E-state index >= 15 is 0 Å². The molecule has 0 aromatic heterocycles. The SMILES string of the molecule is Fc1ccc(F)c(SCC2(CBr)CCCCC2)c1. The molecule has 0 atom stereocenters. The minimum Gasteiger partial charge on any atom is -0.207 e. The van der Waals surface area contributed by atoms with Gasteiger partial charge < -0.3 is 0 Å². The van der Waals surface area contributed by atoms with E-state index in [4.69, 9.17) is 0 Å².